The van der Waals surface area contributed by atoms with Crippen LogP contribution in [0.2, 0.25) is 0 Å². The SMILES string of the molecule is CC(C)(C)OC(C)(C)C.O=Cc1cccc(CCNC(=O)O)c1. The third-order valence-electron chi connectivity index (χ3n) is 2.39. The molecule has 0 saturated heterocycles. The van der Waals surface area contributed by atoms with Crippen LogP contribution in [-0.2, 0) is 11.2 Å². The summed E-state index contributed by atoms with van der Waals surface area (Å²) in [6.07, 6.45) is 0.332. The van der Waals surface area contributed by atoms with Gasteiger partial charge in [0, 0.05) is 12.1 Å². The number of amides is 1. The van der Waals surface area contributed by atoms with E-state index in [9.17, 15) is 9.59 Å². The molecule has 0 atom stereocenters. The van der Waals surface area contributed by atoms with E-state index >= 15 is 0 Å². The number of nitrogens with one attached hydrogen (secondary N) is 1. The Morgan fingerprint density at radius 1 is 1.17 bits per heavy atom. The van der Waals surface area contributed by atoms with Crippen LogP contribution in [0.15, 0.2) is 24.3 Å². The molecule has 0 saturated carbocycles. The number of ether oxygens (including phenoxy) is 1. The average Bonchev–Trinajstić information content (AvgIpc) is 2.35. The van der Waals surface area contributed by atoms with Crippen molar-refractivity contribution >= 4 is 12.4 Å². The summed E-state index contributed by atoms with van der Waals surface area (Å²) >= 11 is 0. The Labute approximate surface area is 139 Å². The van der Waals surface area contributed by atoms with Crippen molar-refractivity contribution in [1.82, 2.24) is 5.32 Å². The number of hydrogen-bond donors (Lipinski definition) is 2. The minimum absolute atomic E-state index is 0.0156. The van der Waals surface area contributed by atoms with Gasteiger partial charge in [-0.15, -0.1) is 0 Å². The van der Waals surface area contributed by atoms with Gasteiger partial charge >= 0.3 is 6.09 Å². The number of carbonyl (C=O) groups excluding carboxylic acids is 1. The third-order valence-corrected chi connectivity index (χ3v) is 2.39. The lowest BCUT2D eigenvalue weighted by Gasteiger charge is -2.30. The van der Waals surface area contributed by atoms with Gasteiger partial charge in [0.1, 0.15) is 6.29 Å². The lowest BCUT2D eigenvalue weighted by atomic mass is 10.1. The highest BCUT2D eigenvalue weighted by Gasteiger charge is 2.19. The van der Waals surface area contributed by atoms with Crippen LogP contribution in [0.3, 0.4) is 0 Å². The molecule has 0 bridgehead atoms. The fourth-order valence-electron chi connectivity index (χ4n) is 2.05. The lowest BCUT2D eigenvalue weighted by Crippen LogP contribution is -2.31. The monoisotopic (exact) mass is 323 g/mol. The van der Waals surface area contributed by atoms with Gasteiger partial charge in [0.15, 0.2) is 0 Å². The molecule has 5 heteroatoms. The van der Waals surface area contributed by atoms with Crippen LogP contribution >= 0.6 is 0 Å². The van der Waals surface area contributed by atoms with Gasteiger partial charge in [-0.05, 0) is 59.6 Å². The van der Waals surface area contributed by atoms with E-state index in [2.05, 4.69) is 46.9 Å². The van der Waals surface area contributed by atoms with Gasteiger partial charge in [-0.1, -0.05) is 18.2 Å². The first-order valence-electron chi connectivity index (χ1n) is 7.64. The van der Waals surface area contributed by atoms with E-state index in [1.54, 1.807) is 18.2 Å². The largest absolute Gasteiger partial charge is 0.465 e. The number of carboxylic acid groups (broad SMARTS) is 1. The molecule has 0 aromatic heterocycles. The van der Waals surface area contributed by atoms with Crippen molar-refractivity contribution in [2.75, 3.05) is 6.54 Å². The molecule has 0 aliphatic rings. The van der Waals surface area contributed by atoms with Crippen LogP contribution in [0, 0.1) is 0 Å². The molecule has 0 fully saturated rings. The molecule has 0 aliphatic carbocycles. The maximum atomic E-state index is 10.4. The summed E-state index contributed by atoms with van der Waals surface area (Å²) in [5, 5.41) is 10.6. The fraction of sp³-hybridized carbons (Fsp3) is 0.556. The zero-order valence-electron chi connectivity index (χ0n) is 15.0. The Kier molecular flexibility index (Phi) is 8.54. The molecule has 0 radical (unpaired) electrons. The highest BCUT2D eigenvalue weighted by atomic mass is 16.5. The summed E-state index contributed by atoms with van der Waals surface area (Å²) in [5.41, 5.74) is 1.53. The zero-order chi connectivity index (χ0) is 18.1. The Bertz CT molecular complexity index is 486. The first-order chi connectivity index (χ1) is 10.4. The van der Waals surface area contributed by atoms with E-state index in [0.717, 1.165) is 11.8 Å². The van der Waals surface area contributed by atoms with Crippen LogP contribution < -0.4 is 5.32 Å². The summed E-state index contributed by atoms with van der Waals surface area (Å²) in [7, 11) is 0. The van der Waals surface area contributed by atoms with Gasteiger partial charge in [-0.2, -0.15) is 0 Å². The molecule has 0 unspecified atom stereocenters. The molecule has 0 spiro atoms. The quantitative estimate of drug-likeness (QED) is 0.824. The molecule has 5 nitrogen and oxygen atoms in total. The highest BCUT2D eigenvalue weighted by Crippen LogP contribution is 2.18. The smallest absolute Gasteiger partial charge is 0.404 e. The molecule has 1 aromatic carbocycles. The summed E-state index contributed by atoms with van der Waals surface area (Å²) in [6, 6.07) is 7.09. The molecule has 1 rings (SSSR count). The molecule has 1 amide bonds. The van der Waals surface area contributed by atoms with Crippen LogP contribution in [0.1, 0.15) is 57.5 Å². The van der Waals surface area contributed by atoms with Crippen molar-refractivity contribution < 1.29 is 19.4 Å². The second-order valence-corrected chi connectivity index (χ2v) is 7.17. The molecular formula is C18H29NO4. The third kappa shape index (κ3) is 13.5. The van der Waals surface area contributed by atoms with Gasteiger partial charge in [-0.3, -0.25) is 4.79 Å². The van der Waals surface area contributed by atoms with Crippen LogP contribution in [-0.4, -0.2) is 35.2 Å². The van der Waals surface area contributed by atoms with Gasteiger partial charge < -0.3 is 15.2 Å². The number of hydrogen-bond acceptors (Lipinski definition) is 3. The Hall–Kier alpha value is -1.88. The Balaban J connectivity index is 0.000000468. The van der Waals surface area contributed by atoms with E-state index in [1.165, 1.54) is 0 Å². The van der Waals surface area contributed by atoms with Gasteiger partial charge in [0.2, 0.25) is 0 Å². The van der Waals surface area contributed by atoms with E-state index in [-0.39, 0.29) is 11.2 Å². The first-order valence-corrected chi connectivity index (χ1v) is 7.64. The van der Waals surface area contributed by atoms with Crippen LogP contribution in [0.5, 0.6) is 0 Å². The normalized spacial score (nSPS) is 11.2. The van der Waals surface area contributed by atoms with Crippen molar-refractivity contribution in [3.63, 3.8) is 0 Å². The van der Waals surface area contributed by atoms with E-state index < -0.39 is 6.09 Å². The molecule has 1 aromatic rings. The van der Waals surface area contributed by atoms with E-state index in [0.29, 0.717) is 18.5 Å². The van der Waals surface area contributed by atoms with Gasteiger partial charge in [0.05, 0.1) is 11.2 Å². The predicted octanol–water partition coefficient (Wildman–Crippen LogP) is 3.91. The van der Waals surface area contributed by atoms with E-state index in [4.69, 9.17) is 9.84 Å². The minimum Gasteiger partial charge on any atom is -0.465 e. The first kappa shape index (κ1) is 21.1. The Morgan fingerprint density at radius 3 is 2.13 bits per heavy atom. The minimum atomic E-state index is -1.03. The number of carbonyl (C=O) groups is 2. The maximum absolute atomic E-state index is 10.4. The molecule has 23 heavy (non-hydrogen) atoms. The van der Waals surface area contributed by atoms with E-state index in [1.807, 2.05) is 6.07 Å². The van der Waals surface area contributed by atoms with Crippen molar-refractivity contribution in [2.24, 2.45) is 0 Å². The topological polar surface area (TPSA) is 75.6 Å². The molecule has 0 aliphatic heterocycles. The highest BCUT2D eigenvalue weighted by molar-refractivity contribution is 5.74. The average molecular weight is 323 g/mol. The molecular weight excluding hydrogens is 294 g/mol. The van der Waals surface area contributed by atoms with Crippen molar-refractivity contribution in [1.29, 1.82) is 0 Å². The molecule has 0 heterocycles. The zero-order valence-corrected chi connectivity index (χ0v) is 15.0. The van der Waals surface area contributed by atoms with Crippen LogP contribution in [0.25, 0.3) is 0 Å². The molecule has 130 valence electrons. The maximum Gasteiger partial charge on any atom is 0.404 e. The van der Waals surface area contributed by atoms with Crippen molar-refractivity contribution in [3.05, 3.63) is 35.4 Å². The number of rotatable bonds is 4. The predicted molar refractivity (Wildman–Crippen MR) is 92.2 cm³/mol. The summed E-state index contributed by atoms with van der Waals surface area (Å²) in [4.78, 5) is 20.6. The van der Waals surface area contributed by atoms with Crippen molar-refractivity contribution in [2.45, 2.75) is 59.2 Å². The lowest BCUT2D eigenvalue weighted by molar-refractivity contribution is -0.102. The number of aldehydes is 1. The fourth-order valence-corrected chi connectivity index (χ4v) is 2.05. The molecule has 2 N–H and O–H groups in total. The summed E-state index contributed by atoms with van der Waals surface area (Å²) < 4.78 is 5.62. The van der Waals surface area contributed by atoms with Gasteiger partial charge in [0.25, 0.3) is 0 Å². The van der Waals surface area contributed by atoms with Crippen LogP contribution in [0.4, 0.5) is 4.79 Å². The standard InChI is InChI=1S/C10H11NO3.C8H18O/c12-7-9-3-1-2-8(6-9)4-5-11-10(13)14;1-7(2,3)9-8(4,5)6/h1-3,6-7,11H,4-5H2,(H,13,14);1-6H3. The van der Waals surface area contributed by atoms with Crippen molar-refractivity contribution in [3.8, 4) is 0 Å². The Morgan fingerprint density at radius 2 is 1.74 bits per heavy atom. The second kappa shape index (κ2) is 9.30. The number of benzene rings is 1. The summed E-state index contributed by atoms with van der Waals surface area (Å²) in [5.74, 6) is 0. The van der Waals surface area contributed by atoms with Gasteiger partial charge in [-0.25, -0.2) is 4.79 Å². The second-order valence-electron chi connectivity index (χ2n) is 7.17. The summed E-state index contributed by atoms with van der Waals surface area (Å²) in [6.45, 7) is 12.8.